The van der Waals surface area contributed by atoms with Crippen molar-refractivity contribution < 1.29 is 4.79 Å². The maximum Gasteiger partial charge on any atom is 0.329 e. The van der Waals surface area contributed by atoms with E-state index in [0.29, 0.717) is 5.82 Å². The van der Waals surface area contributed by atoms with Crippen molar-refractivity contribution in [1.82, 2.24) is 18.9 Å². The monoisotopic (exact) mass is 389 g/mol. The predicted molar refractivity (Wildman–Crippen MR) is 113 cm³/mol. The molecular weight excluding hydrogens is 366 g/mol. The second-order valence-electron chi connectivity index (χ2n) is 7.19. The summed E-state index contributed by atoms with van der Waals surface area (Å²) in [5.74, 6) is 0.218. The van der Waals surface area contributed by atoms with Gasteiger partial charge in [-0.05, 0) is 31.5 Å². The van der Waals surface area contributed by atoms with Gasteiger partial charge in [0.25, 0.3) is 0 Å². The van der Waals surface area contributed by atoms with E-state index in [0.717, 1.165) is 22.2 Å². The molecule has 2 aromatic carbocycles. The molecule has 7 nitrogen and oxygen atoms in total. The normalized spacial score (nSPS) is 12.2. The van der Waals surface area contributed by atoms with Gasteiger partial charge in [-0.3, -0.25) is 18.6 Å². The lowest BCUT2D eigenvalue weighted by Gasteiger charge is -2.12. The van der Waals surface area contributed by atoms with Crippen molar-refractivity contribution in [3.05, 3.63) is 82.4 Å². The fourth-order valence-corrected chi connectivity index (χ4v) is 3.52. The van der Waals surface area contributed by atoms with Gasteiger partial charge in [0.05, 0.1) is 17.1 Å². The molecule has 0 saturated heterocycles. The molecule has 0 aliphatic rings. The molecular formula is C22H23N5O2. The minimum absolute atomic E-state index is 0.0428. The van der Waals surface area contributed by atoms with Gasteiger partial charge in [-0.2, -0.15) is 5.10 Å². The Morgan fingerprint density at radius 3 is 2.45 bits per heavy atom. The lowest BCUT2D eigenvalue weighted by Crippen LogP contribution is -2.28. The Bertz CT molecular complexity index is 1230. The number of nitrogens with zero attached hydrogens (tertiary/aromatic N) is 4. The molecule has 4 rings (SSSR count). The van der Waals surface area contributed by atoms with E-state index in [2.05, 4.69) is 17.3 Å². The number of imidazole rings is 1. The van der Waals surface area contributed by atoms with Crippen molar-refractivity contribution in [3.63, 3.8) is 0 Å². The van der Waals surface area contributed by atoms with E-state index in [4.69, 9.17) is 0 Å². The van der Waals surface area contributed by atoms with Crippen LogP contribution in [0.25, 0.3) is 11.0 Å². The van der Waals surface area contributed by atoms with Crippen LogP contribution in [-0.4, -0.2) is 24.8 Å². The molecule has 1 atom stereocenters. The summed E-state index contributed by atoms with van der Waals surface area (Å²) in [5.41, 5.74) is 3.31. The van der Waals surface area contributed by atoms with Crippen LogP contribution in [0.2, 0.25) is 0 Å². The van der Waals surface area contributed by atoms with Gasteiger partial charge in [0.2, 0.25) is 5.91 Å². The van der Waals surface area contributed by atoms with Crippen LogP contribution in [0, 0.1) is 6.92 Å². The predicted octanol–water partition coefficient (Wildman–Crippen LogP) is 3.09. The molecule has 148 valence electrons. The number of fused-ring (bicyclic) bond motifs is 1. The molecule has 0 saturated carbocycles. The topological polar surface area (TPSA) is 73.8 Å². The zero-order valence-electron chi connectivity index (χ0n) is 16.7. The van der Waals surface area contributed by atoms with E-state index in [1.807, 2.05) is 72.4 Å². The first-order chi connectivity index (χ1) is 14.0. The molecule has 1 amide bonds. The number of hydrogen-bond acceptors (Lipinski definition) is 3. The van der Waals surface area contributed by atoms with Gasteiger partial charge in [-0.25, -0.2) is 4.79 Å². The van der Waals surface area contributed by atoms with Crippen LogP contribution >= 0.6 is 0 Å². The van der Waals surface area contributed by atoms with Crippen molar-refractivity contribution in [1.29, 1.82) is 0 Å². The molecule has 0 bridgehead atoms. The molecule has 4 aromatic rings. The Hall–Kier alpha value is -3.61. The van der Waals surface area contributed by atoms with Gasteiger partial charge < -0.3 is 5.32 Å². The lowest BCUT2D eigenvalue weighted by atomic mass is 10.1. The first kappa shape index (κ1) is 18.7. The van der Waals surface area contributed by atoms with Gasteiger partial charge in [0.1, 0.15) is 6.54 Å². The average molecular weight is 389 g/mol. The molecule has 1 N–H and O–H groups in total. The fraction of sp³-hybridized carbons (Fsp3) is 0.227. The van der Waals surface area contributed by atoms with E-state index < -0.39 is 0 Å². The number of rotatable bonds is 5. The van der Waals surface area contributed by atoms with Crippen LogP contribution in [0.1, 0.15) is 24.1 Å². The average Bonchev–Trinajstić information content (AvgIpc) is 3.21. The third-order valence-corrected chi connectivity index (χ3v) is 5.20. The number of aryl methyl sites for hydroxylation is 2. The molecule has 0 fully saturated rings. The van der Waals surface area contributed by atoms with Crippen LogP contribution in [0.3, 0.4) is 0 Å². The summed E-state index contributed by atoms with van der Waals surface area (Å²) < 4.78 is 4.86. The number of aromatic nitrogens is 4. The maximum absolute atomic E-state index is 12.7. The smallest absolute Gasteiger partial charge is 0.307 e. The molecule has 0 radical (unpaired) electrons. The van der Waals surface area contributed by atoms with Crippen LogP contribution < -0.4 is 11.0 Å². The maximum atomic E-state index is 12.7. The third kappa shape index (κ3) is 3.47. The summed E-state index contributed by atoms with van der Waals surface area (Å²) in [6.07, 6.45) is 1.91. The first-order valence-corrected chi connectivity index (χ1v) is 9.50. The van der Waals surface area contributed by atoms with E-state index >= 15 is 0 Å². The molecule has 29 heavy (non-hydrogen) atoms. The van der Waals surface area contributed by atoms with E-state index in [-0.39, 0.29) is 24.2 Å². The number of hydrogen-bond donors (Lipinski definition) is 1. The molecule has 2 aromatic heterocycles. The van der Waals surface area contributed by atoms with E-state index in [1.54, 1.807) is 11.6 Å². The molecule has 2 heterocycles. The van der Waals surface area contributed by atoms with Crippen LogP contribution in [0.4, 0.5) is 5.82 Å². The Balaban J connectivity index is 1.55. The number of anilines is 1. The fourth-order valence-electron chi connectivity index (χ4n) is 3.52. The largest absolute Gasteiger partial charge is 0.329 e. The van der Waals surface area contributed by atoms with Gasteiger partial charge in [0.15, 0.2) is 5.82 Å². The zero-order valence-corrected chi connectivity index (χ0v) is 16.7. The Morgan fingerprint density at radius 2 is 1.72 bits per heavy atom. The quantitative estimate of drug-likeness (QED) is 0.570. The molecule has 0 spiro atoms. The molecule has 1 unspecified atom stereocenters. The Kier molecular flexibility index (Phi) is 4.80. The number of nitrogens with one attached hydrogen (secondary N) is 1. The second kappa shape index (κ2) is 7.43. The second-order valence-corrected chi connectivity index (χ2v) is 7.19. The number of amides is 1. The van der Waals surface area contributed by atoms with Crippen molar-refractivity contribution in [2.75, 3.05) is 5.32 Å². The highest BCUT2D eigenvalue weighted by atomic mass is 16.2. The van der Waals surface area contributed by atoms with Crippen LogP contribution in [0.15, 0.2) is 65.6 Å². The minimum atomic E-state index is -0.288. The van der Waals surface area contributed by atoms with E-state index in [1.165, 1.54) is 4.57 Å². The Labute approximate surface area is 168 Å². The number of carbonyl (C=O) groups excluding carboxylic acids is 1. The number of carbonyl (C=O) groups is 1. The lowest BCUT2D eigenvalue weighted by molar-refractivity contribution is -0.116. The van der Waals surface area contributed by atoms with Crippen LogP contribution in [0.5, 0.6) is 0 Å². The van der Waals surface area contributed by atoms with Crippen molar-refractivity contribution in [2.45, 2.75) is 26.4 Å². The zero-order chi connectivity index (χ0) is 20.5. The van der Waals surface area contributed by atoms with Gasteiger partial charge >= 0.3 is 5.69 Å². The van der Waals surface area contributed by atoms with Crippen LogP contribution in [-0.2, 0) is 18.4 Å². The van der Waals surface area contributed by atoms with E-state index in [9.17, 15) is 9.59 Å². The highest BCUT2D eigenvalue weighted by Gasteiger charge is 2.16. The highest BCUT2D eigenvalue weighted by molar-refractivity contribution is 5.91. The summed E-state index contributed by atoms with van der Waals surface area (Å²) in [4.78, 5) is 25.2. The molecule has 0 aliphatic carbocycles. The summed E-state index contributed by atoms with van der Waals surface area (Å²) >= 11 is 0. The molecule has 7 heteroatoms. The van der Waals surface area contributed by atoms with Gasteiger partial charge in [0, 0.05) is 18.8 Å². The summed E-state index contributed by atoms with van der Waals surface area (Å²) in [6.45, 7) is 3.89. The number of benzene rings is 2. The number of para-hydroxylation sites is 2. The summed E-state index contributed by atoms with van der Waals surface area (Å²) in [5, 5.41) is 7.40. The summed E-state index contributed by atoms with van der Waals surface area (Å²) in [7, 11) is 1.70. The highest BCUT2D eigenvalue weighted by Crippen LogP contribution is 2.21. The minimum Gasteiger partial charge on any atom is -0.307 e. The molecule has 0 aliphatic heterocycles. The first-order valence-electron chi connectivity index (χ1n) is 9.50. The van der Waals surface area contributed by atoms with Crippen molar-refractivity contribution >= 4 is 22.8 Å². The third-order valence-electron chi connectivity index (χ3n) is 5.20. The standard InChI is InChI=1S/C22H23N5O2/c1-15-13-27(16(2)17-9-5-4-6-10-17)24-21(15)23-20(28)14-26-19-12-8-7-11-18(19)25(3)22(26)29/h4-13,16H,14H2,1-3H3,(H,23,24,28). The van der Waals surface area contributed by atoms with Crippen molar-refractivity contribution in [3.8, 4) is 0 Å². The van der Waals surface area contributed by atoms with Crippen molar-refractivity contribution in [2.24, 2.45) is 7.05 Å². The Morgan fingerprint density at radius 1 is 1.07 bits per heavy atom. The van der Waals surface area contributed by atoms with Gasteiger partial charge in [-0.15, -0.1) is 0 Å². The van der Waals surface area contributed by atoms with Gasteiger partial charge in [-0.1, -0.05) is 42.5 Å². The summed E-state index contributed by atoms with van der Waals surface area (Å²) in [6, 6.07) is 17.5. The SMILES string of the molecule is Cc1cn(C(C)c2ccccc2)nc1NC(=O)Cn1c(=O)n(C)c2ccccc21.